The molecule has 0 aromatic heterocycles. The minimum Gasteiger partial charge on any atom is -0.355 e. The Labute approximate surface area is 252 Å². The van der Waals surface area contributed by atoms with Crippen LogP contribution in [0.2, 0.25) is 0 Å². The number of likely N-dealkylation sites (tertiary alicyclic amines) is 1. The second-order valence-electron chi connectivity index (χ2n) is 10.8. The Morgan fingerprint density at radius 2 is 1.63 bits per heavy atom. The van der Waals surface area contributed by atoms with Crippen LogP contribution in [0, 0.1) is 5.92 Å². The van der Waals surface area contributed by atoms with Gasteiger partial charge in [0.15, 0.2) is 0 Å². The van der Waals surface area contributed by atoms with Crippen molar-refractivity contribution in [3.63, 3.8) is 0 Å². The van der Waals surface area contributed by atoms with Crippen LogP contribution in [0.4, 0.5) is 0 Å². The quantitative estimate of drug-likeness (QED) is 0.104. The Bertz CT molecular complexity index is 920. The number of imide groups is 1. The Kier molecular flexibility index (Phi) is 16.2. The van der Waals surface area contributed by atoms with Gasteiger partial charge in [-0.25, -0.2) is 0 Å². The van der Waals surface area contributed by atoms with Gasteiger partial charge in [0.05, 0.1) is 5.25 Å². The van der Waals surface area contributed by atoms with E-state index in [1.807, 2.05) is 18.7 Å². The minimum atomic E-state index is -0.397. The average molecular weight is 614 g/mol. The number of amides is 6. The third-order valence-corrected chi connectivity index (χ3v) is 10.0. The van der Waals surface area contributed by atoms with Gasteiger partial charge in [0.2, 0.25) is 35.4 Å². The van der Waals surface area contributed by atoms with Crippen LogP contribution in [-0.2, 0) is 28.8 Å². The highest BCUT2D eigenvalue weighted by molar-refractivity contribution is 8.00. The predicted molar refractivity (Wildman–Crippen MR) is 162 cm³/mol. The first-order valence-electron chi connectivity index (χ1n) is 14.8. The van der Waals surface area contributed by atoms with Gasteiger partial charge in [-0.1, -0.05) is 26.7 Å². The number of nitrogens with zero attached hydrogens (tertiary/aromatic N) is 1. The molecule has 0 aromatic carbocycles. The van der Waals surface area contributed by atoms with Crippen LogP contribution in [0.3, 0.4) is 0 Å². The molecule has 2 saturated heterocycles. The number of carbonyl (C=O) groups is 6. The van der Waals surface area contributed by atoms with Crippen molar-refractivity contribution in [3.8, 4) is 0 Å². The zero-order valence-electron chi connectivity index (χ0n) is 24.6. The average Bonchev–Trinajstić information content (AvgIpc) is 3.40. The zero-order valence-corrected chi connectivity index (χ0v) is 26.3. The van der Waals surface area contributed by atoms with Crippen molar-refractivity contribution in [2.45, 2.75) is 108 Å². The maximum absolute atomic E-state index is 12.6. The second-order valence-corrected chi connectivity index (χ2v) is 13.4. The van der Waals surface area contributed by atoms with Crippen molar-refractivity contribution in [2.75, 3.05) is 24.6 Å². The number of hydrazine groups is 1. The van der Waals surface area contributed by atoms with Crippen molar-refractivity contribution in [1.29, 1.82) is 0 Å². The number of rotatable bonds is 18. The highest BCUT2D eigenvalue weighted by Gasteiger charge is 2.38. The standard InChI is InChI=1S/C28H47N5O6S2/c1-4-10-23(35)29-14-16-40-22-17-26(38)33(28(22)39)15-9-5-6-12-24(36)31-32-25(37)13-8-7-11-21-27(30-20(3)34)19(2)18-41-21/h19,21-22,27H,4-18H2,1-3H3,(H,29,35)(H,30,34)(H,31,36)(H,32,37)/t19-,21-,22+,27-/m0/s1. The van der Waals surface area contributed by atoms with E-state index in [1.54, 1.807) is 6.92 Å². The maximum Gasteiger partial charge on any atom is 0.242 e. The van der Waals surface area contributed by atoms with E-state index >= 15 is 0 Å². The van der Waals surface area contributed by atoms with Gasteiger partial charge in [0.1, 0.15) is 0 Å². The SMILES string of the molecule is CCCC(=O)NCCS[C@@H]1CC(=O)N(CCCCCC(=O)NNC(=O)CCCC[C@@H]2SC[C@H](C)[C@@H]2NC(C)=O)C1=O. The summed E-state index contributed by atoms with van der Waals surface area (Å²) in [6.07, 6.45) is 6.42. The highest BCUT2D eigenvalue weighted by Crippen LogP contribution is 2.34. The van der Waals surface area contributed by atoms with Crippen LogP contribution < -0.4 is 21.5 Å². The fourth-order valence-electron chi connectivity index (χ4n) is 4.93. The van der Waals surface area contributed by atoms with E-state index < -0.39 is 5.25 Å². The zero-order chi connectivity index (χ0) is 30.2. The van der Waals surface area contributed by atoms with Crippen LogP contribution in [0.1, 0.15) is 91.4 Å². The van der Waals surface area contributed by atoms with Crippen LogP contribution >= 0.6 is 23.5 Å². The van der Waals surface area contributed by atoms with Gasteiger partial charge in [0, 0.05) is 62.7 Å². The molecule has 2 rings (SSSR count). The van der Waals surface area contributed by atoms with Crippen molar-refractivity contribution >= 4 is 59.0 Å². The van der Waals surface area contributed by atoms with Gasteiger partial charge in [0.25, 0.3) is 0 Å². The van der Waals surface area contributed by atoms with Crippen molar-refractivity contribution in [3.05, 3.63) is 0 Å². The van der Waals surface area contributed by atoms with Crippen molar-refractivity contribution in [2.24, 2.45) is 5.92 Å². The molecule has 2 aliphatic rings. The Balaban J connectivity index is 1.50. The third kappa shape index (κ3) is 13.1. The molecule has 11 nitrogen and oxygen atoms in total. The molecule has 6 amide bonds. The highest BCUT2D eigenvalue weighted by atomic mass is 32.2. The molecule has 2 heterocycles. The maximum atomic E-state index is 12.6. The molecule has 0 unspecified atom stereocenters. The lowest BCUT2D eigenvalue weighted by Gasteiger charge is -2.22. The van der Waals surface area contributed by atoms with Gasteiger partial charge >= 0.3 is 0 Å². The lowest BCUT2D eigenvalue weighted by atomic mass is 9.97. The normalized spacial score (nSPS) is 22.1. The summed E-state index contributed by atoms with van der Waals surface area (Å²) in [7, 11) is 0. The van der Waals surface area contributed by atoms with E-state index in [0.717, 1.165) is 25.0 Å². The molecule has 0 bridgehead atoms. The topological polar surface area (TPSA) is 154 Å². The molecule has 232 valence electrons. The number of nitrogens with one attached hydrogen (secondary N) is 4. The largest absolute Gasteiger partial charge is 0.355 e. The second kappa shape index (κ2) is 19.0. The molecular weight excluding hydrogens is 566 g/mol. The molecule has 0 radical (unpaired) electrons. The molecule has 4 N–H and O–H groups in total. The van der Waals surface area contributed by atoms with Gasteiger partial charge < -0.3 is 10.6 Å². The summed E-state index contributed by atoms with van der Waals surface area (Å²) in [5, 5.41) is 5.83. The smallest absolute Gasteiger partial charge is 0.242 e. The Morgan fingerprint density at radius 3 is 2.29 bits per heavy atom. The van der Waals surface area contributed by atoms with E-state index in [4.69, 9.17) is 0 Å². The number of unbranched alkanes of at least 4 members (excludes halogenated alkanes) is 3. The molecule has 0 aliphatic carbocycles. The fourth-order valence-corrected chi connectivity index (χ4v) is 7.60. The van der Waals surface area contributed by atoms with Crippen LogP contribution in [0.5, 0.6) is 0 Å². The molecule has 41 heavy (non-hydrogen) atoms. The summed E-state index contributed by atoms with van der Waals surface area (Å²) in [4.78, 5) is 73.2. The summed E-state index contributed by atoms with van der Waals surface area (Å²) >= 11 is 3.28. The molecule has 0 aromatic rings. The molecule has 0 saturated carbocycles. The lowest BCUT2D eigenvalue weighted by molar-refractivity contribution is -0.138. The van der Waals surface area contributed by atoms with E-state index in [0.29, 0.717) is 68.5 Å². The van der Waals surface area contributed by atoms with E-state index in [-0.39, 0.29) is 54.3 Å². The number of hydrogen-bond acceptors (Lipinski definition) is 8. The first-order chi connectivity index (χ1) is 19.6. The Hall–Kier alpha value is -2.28. The first-order valence-corrected chi connectivity index (χ1v) is 16.9. The monoisotopic (exact) mass is 613 g/mol. The molecular formula is C28H47N5O6S2. The van der Waals surface area contributed by atoms with Gasteiger partial charge in [-0.2, -0.15) is 11.8 Å². The van der Waals surface area contributed by atoms with Gasteiger partial charge in [-0.3, -0.25) is 44.5 Å². The number of carbonyl (C=O) groups excluding carboxylic acids is 6. The summed E-state index contributed by atoms with van der Waals surface area (Å²) < 4.78 is 0. The summed E-state index contributed by atoms with van der Waals surface area (Å²) in [6, 6.07) is 0.180. The van der Waals surface area contributed by atoms with Crippen LogP contribution in [0.25, 0.3) is 0 Å². The molecule has 2 aliphatic heterocycles. The fraction of sp³-hybridized carbons (Fsp3) is 0.786. The summed E-state index contributed by atoms with van der Waals surface area (Å²) in [6.45, 7) is 6.44. The molecule has 0 spiro atoms. The van der Waals surface area contributed by atoms with Gasteiger partial charge in [-0.15, -0.1) is 11.8 Å². The summed E-state index contributed by atoms with van der Waals surface area (Å²) in [5.74, 6) is 1.18. The van der Waals surface area contributed by atoms with Crippen molar-refractivity contribution < 1.29 is 28.8 Å². The Morgan fingerprint density at radius 1 is 0.951 bits per heavy atom. The third-order valence-electron chi connectivity index (χ3n) is 7.15. The van der Waals surface area contributed by atoms with Crippen molar-refractivity contribution in [1.82, 2.24) is 26.4 Å². The van der Waals surface area contributed by atoms with E-state index in [2.05, 4.69) is 28.4 Å². The first kappa shape index (κ1) is 34.9. The van der Waals surface area contributed by atoms with Crippen LogP contribution in [0.15, 0.2) is 0 Å². The minimum absolute atomic E-state index is 0.00170. The summed E-state index contributed by atoms with van der Waals surface area (Å²) in [5.41, 5.74) is 4.92. The molecule has 2 fully saturated rings. The van der Waals surface area contributed by atoms with E-state index in [1.165, 1.54) is 16.7 Å². The lowest BCUT2D eigenvalue weighted by Crippen LogP contribution is -2.42. The van der Waals surface area contributed by atoms with Crippen LogP contribution in [-0.4, -0.2) is 81.5 Å². The predicted octanol–water partition coefficient (Wildman–Crippen LogP) is 2.29. The number of hydrogen-bond donors (Lipinski definition) is 4. The molecule has 13 heteroatoms. The van der Waals surface area contributed by atoms with E-state index in [9.17, 15) is 28.8 Å². The number of thioether (sulfide) groups is 2. The van der Waals surface area contributed by atoms with Gasteiger partial charge in [-0.05, 0) is 43.8 Å². The molecule has 4 atom stereocenters.